The van der Waals surface area contributed by atoms with E-state index in [-0.39, 0.29) is 30.5 Å². The van der Waals surface area contributed by atoms with Crippen molar-refractivity contribution in [2.75, 3.05) is 60.2 Å². The van der Waals surface area contributed by atoms with Gasteiger partial charge in [0.15, 0.2) is 0 Å². The molecule has 3 aromatic rings. The van der Waals surface area contributed by atoms with E-state index in [1.807, 2.05) is 11.8 Å². The van der Waals surface area contributed by atoms with Gasteiger partial charge in [-0.2, -0.15) is 9.97 Å². The number of amides is 1. The van der Waals surface area contributed by atoms with E-state index in [1.54, 1.807) is 14.2 Å². The Morgan fingerprint density at radius 1 is 0.907 bits per heavy atom. The van der Waals surface area contributed by atoms with Gasteiger partial charge in [0, 0.05) is 70.3 Å². The van der Waals surface area contributed by atoms with Crippen LogP contribution in [0.25, 0.3) is 0 Å². The van der Waals surface area contributed by atoms with Crippen LogP contribution >= 0.6 is 0 Å². The lowest BCUT2D eigenvalue weighted by molar-refractivity contribution is -0.140. The zero-order valence-electron chi connectivity index (χ0n) is 25.5. The van der Waals surface area contributed by atoms with Crippen molar-refractivity contribution in [2.24, 2.45) is 0 Å². The average Bonchev–Trinajstić information content (AvgIpc) is 3.89. The van der Waals surface area contributed by atoms with E-state index >= 15 is 0 Å². The Balaban J connectivity index is 1.37. The number of piperazine rings is 2. The van der Waals surface area contributed by atoms with Crippen LogP contribution in [-0.2, 0) is 16.1 Å². The molecule has 3 aliphatic rings. The van der Waals surface area contributed by atoms with Crippen molar-refractivity contribution in [1.29, 1.82) is 0 Å². The number of carbonyl (C=O) groups is 1. The highest BCUT2D eigenvalue weighted by molar-refractivity contribution is 5.77. The minimum Gasteiger partial charge on any atom is -0.481 e. The normalized spacial score (nSPS) is 21.1. The van der Waals surface area contributed by atoms with E-state index in [0.29, 0.717) is 43.9 Å². The number of methoxy groups -OCH3 is 2. The average molecular weight is 586 g/mol. The van der Waals surface area contributed by atoms with Crippen LogP contribution in [0.1, 0.15) is 54.1 Å². The highest BCUT2D eigenvalue weighted by atomic mass is 16.5. The van der Waals surface area contributed by atoms with Gasteiger partial charge in [-0.15, -0.1) is 0 Å². The lowest BCUT2D eigenvalue weighted by atomic mass is 9.81. The molecule has 2 unspecified atom stereocenters. The molecule has 2 atom stereocenters. The second-order valence-corrected chi connectivity index (χ2v) is 11.8. The Morgan fingerprint density at radius 2 is 1.58 bits per heavy atom. The van der Waals surface area contributed by atoms with Crippen LogP contribution in [0, 0.1) is 0 Å². The number of ether oxygens (including phenoxy) is 3. The molecule has 0 N–H and O–H groups in total. The van der Waals surface area contributed by atoms with Gasteiger partial charge in [0.25, 0.3) is 0 Å². The third-order valence-electron chi connectivity index (χ3n) is 8.94. The SMILES string of the molecule is CCOc1nc(C2CC2)nc(OC)c1CN1CC2CN(C(=O)COC)CCN2C(C(c2ccccc2)c2ccccc2)C1. The molecule has 0 spiro atoms. The van der Waals surface area contributed by atoms with Crippen LogP contribution in [0.5, 0.6) is 11.8 Å². The molecule has 1 saturated carbocycles. The summed E-state index contributed by atoms with van der Waals surface area (Å²) in [5.41, 5.74) is 3.48. The summed E-state index contributed by atoms with van der Waals surface area (Å²) in [6.45, 7) is 7.06. The molecule has 3 heterocycles. The van der Waals surface area contributed by atoms with E-state index in [0.717, 1.165) is 43.9 Å². The summed E-state index contributed by atoms with van der Waals surface area (Å²) in [7, 11) is 3.26. The largest absolute Gasteiger partial charge is 0.481 e. The standard InChI is InChI=1S/C34H43N5O4/c1-4-43-34-28(33(42-3)35-32(36-34)26-15-16-26)21-37-19-27-20-38(30(40)23-41-2)17-18-39(27)29(22-37)31(24-11-7-5-8-12-24)25-13-9-6-10-14-25/h5-14,26-27,29,31H,4,15-23H2,1-3H3. The van der Waals surface area contributed by atoms with Gasteiger partial charge >= 0.3 is 0 Å². The van der Waals surface area contributed by atoms with Crippen molar-refractivity contribution in [1.82, 2.24) is 24.7 Å². The van der Waals surface area contributed by atoms with Gasteiger partial charge in [-0.05, 0) is 30.9 Å². The summed E-state index contributed by atoms with van der Waals surface area (Å²) < 4.78 is 17.2. The summed E-state index contributed by atoms with van der Waals surface area (Å²) in [6, 6.07) is 22.0. The van der Waals surface area contributed by atoms with Gasteiger partial charge in [0.1, 0.15) is 12.4 Å². The molecule has 3 fully saturated rings. The highest BCUT2D eigenvalue weighted by Crippen LogP contribution is 2.41. The van der Waals surface area contributed by atoms with Crippen LogP contribution in [0.4, 0.5) is 0 Å². The maximum Gasteiger partial charge on any atom is 0.248 e. The molecule has 2 saturated heterocycles. The molecule has 9 nitrogen and oxygen atoms in total. The lowest BCUT2D eigenvalue weighted by Crippen LogP contribution is -2.67. The van der Waals surface area contributed by atoms with Crippen molar-refractivity contribution in [3.63, 3.8) is 0 Å². The third-order valence-corrected chi connectivity index (χ3v) is 8.94. The van der Waals surface area contributed by atoms with Gasteiger partial charge in [-0.3, -0.25) is 14.6 Å². The van der Waals surface area contributed by atoms with E-state index in [4.69, 9.17) is 24.2 Å². The maximum atomic E-state index is 12.9. The molecular weight excluding hydrogens is 542 g/mol. The molecule has 0 bridgehead atoms. The number of nitrogens with zero attached hydrogens (tertiary/aromatic N) is 5. The Labute approximate surface area is 254 Å². The van der Waals surface area contributed by atoms with Crippen LogP contribution in [0.3, 0.4) is 0 Å². The van der Waals surface area contributed by atoms with Gasteiger partial charge in [0.2, 0.25) is 17.7 Å². The van der Waals surface area contributed by atoms with Crippen molar-refractivity contribution in [2.45, 2.75) is 50.2 Å². The van der Waals surface area contributed by atoms with Gasteiger partial charge in [-0.25, -0.2) is 0 Å². The first-order chi connectivity index (χ1) is 21.1. The topological polar surface area (TPSA) is 80.3 Å². The predicted octanol–water partition coefficient (Wildman–Crippen LogP) is 3.94. The van der Waals surface area contributed by atoms with Crippen molar-refractivity contribution in [3.8, 4) is 11.8 Å². The lowest BCUT2D eigenvalue weighted by Gasteiger charge is -2.53. The highest BCUT2D eigenvalue weighted by Gasteiger charge is 2.43. The summed E-state index contributed by atoms with van der Waals surface area (Å²) in [5, 5.41) is 0. The fraction of sp³-hybridized carbons (Fsp3) is 0.500. The molecule has 1 aliphatic carbocycles. The van der Waals surface area contributed by atoms with E-state index in [9.17, 15) is 4.79 Å². The summed E-state index contributed by atoms with van der Waals surface area (Å²) in [4.78, 5) is 29.7. The quantitative estimate of drug-likeness (QED) is 0.335. The molecule has 0 radical (unpaired) electrons. The number of benzene rings is 2. The molecule has 228 valence electrons. The van der Waals surface area contributed by atoms with E-state index in [2.05, 4.69) is 70.5 Å². The molecule has 43 heavy (non-hydrogen) atoms. The summed E-state index contributed by atoms with van der Waals surface area (Å²) in [6.07, 6.45) is 2.22. The first-order valence-corrected chi connectivity index (χ1v) is 15.5. The number of fused-ring (bicyclic) bond motifs is 1. The number of hydrogen-bond acceptors (Lipinski definition) is 8. The van der Waals surface area contributed by atoms with Crippen LogP contribution < -0.4 is 9.47 Å². The van der Waals surface area contributed by atoms with Crippen molar-refractivity contribution in [3.05, 3.63) is 83.2 Å². The number of hydrogen-bond donors (Lipinski definition) is 0. The molecule has 6 rings (SSSR count). The molecule has 2 aromatic carbocycles. The minimum atomic E-state index is 0.0443. The first-order valence-electron chi connectivity index (χ1n) is 15.5. The Hall–Kier alpha value is -3.53. The first kappa shape index (κ1) is 29.5. The fourth-order valence-electron chi connectivity index (χ4n) is 6.80. The van der Waals surface area contributed by atoms with Crippen LogP contribution in [0.2, 0.25) is 0 Å². The molecule has 2 aliphatic heterocycles. The maximum absolute atomic E-state index is 12.9. The second kappa shape index (κ2) is 13.4. The van der Waals surface area contributed by atoms with Gasteiger partial charge < -0.3 is 19.1 Å². The van der Waals surface area contributed by atoms with Gasteiger partial charge in [-0.1, -0.05) is 60.7 Å². The van der Waals surface area contributed by atoms with E-state index < -0.39 is 0 Å². The third kappa shape index (κ3) is 6.54. The molecule has 1 amide bonds. The van der Waals surface area contributed by atoms with Crippen molar-refractivity contribution < 1.29 is 19.0 Å². The zero-order chi connectivity index (χ0) is 29.8. The van der Waals surface area contributed by atoms with Crippen LogP contribution in [0.15, 0.2) is 60.7 Å². The Morgan fingerprint density at radius 3 is 2.19 bits per heavy atom. The number of aromatic nitrogens is 2. The predicted molar refractivity (Wildman–Crippen MR) is 164 cm³/mol. The monoisotopic (exact) mass is 585 g/mol. The minimum absolute atomic E-state index is 0.0443. The number of rotatable bonds is 11. The second-order valence-electron chi connectivity index (χ2n) is 11.8. The summed E-state index contributed by atoms with van der Waals surface area (Å²) >= 11 is 0. The molecule has 1 aromatic heterocycles. The van der Waals surface area contributed by atoms with Crippen molar-refractivity contribution >= 4 is 5.91 Å². The molecule has 9 heteroatoms. The van der Waals surface area contributed by atoms with Crippen LogP contribution in [-0.4, -0.2) is 103 Å². The fourth-order valence-corrected chi connectivity index (χ4v) is 6.80. The Kier molecular flexibility index (Phi) is 9.21. The Bertz CT molecular complexity index is 1330. The smallest absolute Gasteiger partial charge is 0.248 e. The zero-order valence-corrected chi connectivity index (χ0v) is 25.5. The molecular formula is C34H43N5O4. The summed E-state index contributed by atoms with van der Waals surface area (Å²) in [5.74, 6) is 2.64. The van der Waals surface area contributed by atoms with Gasteiger partial charge in [0.05, 0.1) is 19.3 Å². The van der Waals surface area contributed by atoms with E-state index in [1.165, 1.54) is 11.1 Å². The number of carbonyl (C=O) groups excluding carboxylic acids is 1.